The van der Waals surface area contributed by atoms with Crippen molar-refractivity contribution in [3.8, 4) is 5.75 Å². The van der Waals surface area contributed by atoms with E-state index in [-0.39, 0.29) is 12.1 Å². The molecule has 3 N–H and O–H groups in total. The Hall–Kier alpha value is -1.30. The van der Waals surface area contributed by atoms with E-state index in [0.29, 0.717) is 0 Å². The normalized spacial score (nSPS) is 10.8. The third-order valence-electron chi connectivity index (χ3n) is 1.50. The van der Waals surface area contributed by atoms with Crippen LogP contribution in [0.4, 0.5) is 13.2 Å². The standard InChI is InChI=1S/C7H7F3N2O/c8-6(9)5-3(2-11)1-4(13)7(10)12-5/h1,6,13H,2,11H2. The molecule has 6 heteroatoms. The Bertz CT molecular complexity index is 317. The van der Waals surface area contributed by atoms with Gasteiger partial charge in [0.1, 0.15) is 5.69 Å². The van der Waals surface area contributed by atoms with Crippen molar-refractivity contribution in [2.24, 2.45) is 5.73 Å². The van der Waals surface area contributed by atoms with Crippen molar-refractivity contribution < 1.29 is 18.3 Å². The van der Waals surface area contributed by atoms with E-state index in [9.17, 15) is 13.2 Å². The van der Waals surface area contributed by atoms with E-state index >= 15 is 0 Å². The van der Waals surface area contributed by atoms with Crippen LogP contribution in [0.2, 0.25) is 0 Å². The summed E-state index contributed by atoms with van der Waals surface area (Å²) >= 11 is 0. The van der Waals surface area contributed by atoms with Gasteiger partial charge in [0.2, 0.25) is 0 Å². The highest BCUT2D eigenvalue weighted by Crippen LogP contribution is 2.25. The highest BCUT2D eigenvalue weighted by molar-refractivity contribution is 5.30. The van der Waals surface area contributed by atoms with Crippen LogP contribution in [0, 0.1) is 5.95 Å². The predicted molar refractivity (Wildman–Crippen MR) is 38.7 cm³/mol. The van der Waals surface area contributed by atoms with Gasteiger partial charge in [-0.15, -0.1) is 0 Å². The molecule has 0 saturated carbocycles. The van der Waals surface area contributed by atoms with E-state index in [2.05, 4.69) is 4.98 Å². The Kier molecular flexibility index (Phi) is 2.72. The van der Waals surface area contributed by atoms with Gasteiger partial charge in [0.05, 0.1) is 0 Å². The molecule has 1 aromatic heterocycles. The minimum absolute atomic E-state index is 0.0612. The molecule has 0 atom stereocenters. The third-order valence-corrected chi connectivity index (χ3v) is 1.50. The van der Waals surface area contributed by atoms with Crippen LogP contribution in [0.25, 0.3) is 0 Å². The second-order valence-electron chi connectivity index (χ2n) is 2.35. The van der Waals surface area contributed by atoms with Gasteiger partial charge < -0.3 is 10.8 Å². The average Bonchev–Trinajstić information content (AvgIpc) is 2.08. The molecule has 0 unspecified atom stereocenters. The molecule has 0 aliphatic carbocycles. The van der Waals surface area contributed by atoms with Crippen molar-refractivity contribution in [1.82, 2.24) is 4.98 Å². The number of hydrogen-bond acceptors (Lipinski definition) is 3. The molecule has 0 fully saturated rings. The van der Waals surface area contributed by atoms with E-state index < -0.39 is 23.8 Å². The number of pyridine rings is 1. The summed E-state index contributed by atoms with van der Waals surface area (Å²) in [6, 6.07) is 0.851. The van der Waals surface area contributed by atoms with Gasteiger partial charge in [0, 0.05) is 6.54 Å². The summed E-state index contributed by atoms with van der Waals surface area (Å²) in [7, 11) is 0. The number of nitrogens with two attached hydrogens (primary N) is 1. The van der Waals surface area contributed by atoms with Crippen LogP contribution in [-0.4, -0.2) is 10.1 Å². The van der Waals surface area contributed by atoms with Gasteiger partial charge in [-0.25, -0.2) is 13.8 Å². The lowest BCUT2D eigenvalue weighted by Crippen LogP contribution is -2.05. The van der Waals surface area contributed by atoms with Crippen molar-refractivity contribution in [1.29, 1.82) is 0 Å². The maximum absolute atomic E-state index is 12.5. The first-order valence-electron chi connectivity index (χ1n) is 3.42. The summed E-state index contributed by atoms with van der Waals surface area (Å²) in [4.78, 5) is 2.90. The SMILES string of the molecule is NCc1cc(O)c(F)nc1C(F)F. The fourth-order valence-corrected chi connectivity index (χ4v) is 0.886. The molecule has 0 aromatic carbocycles. The Balaban J connectivity index is 3.25. The molecule has 1 aromatic rings. The smallest absolute Gasteiger partial charge is 0.280 e. The number of aromatic hydroxyl groups is 1. The van der Waals surface area contributed by atoms with Crippen LogP contribution in [0.15, 0.2) is 6.07 Å². The summed E-state index contributed by atoms with van der Waals surface area (Å²) < 4.78 is 36.8. The van der Waals surface area contributed by atoms with Gasteiger partial charge in [0.15, 0.2) is 5.75 Å². The lowest BCUT2D eigenvalue weighted by atomic mass is 10.2. The van der Waals surface area contributed by atoms with Gasteiger partial charge >= 0.3 is 0 Å². The largest absolute Gasteiger partial charge is 0.504 e. The molecule has 0 radical (unpaired) electrons. The monoisotopic (exact) mass is 192 g/mol. The quantitative estimate of drug-likeness (QED) is 0.695. The van der Waals surface area contributed by atoms with Crippen molar-refractivity contribution in [2.45, 2.75) is 13.0 Å². The van der Waals surface area contributed by atoms with Crippen LogP contribution in [-0.2, 0) is 6.54 Å². The van der Waals surface area contributed by atoms with E-state index in [4.69, 9.17) is 10.8 Å². The van der Waals surface area contributed by atoms with Crippen molar-refractivity contribution in [3.05, 3.63) is 23.3 Å². The minimum atomic E-state index is -2.89. The molecule has 0 saturated heterocycles. The lowest BCUT2D eigenvalue weighted by molar-refractivity contribution is 0.143. The molecule has 1 rings (SSSR count). The molecule has 72 valence electrons. The van der Waals surface area contributed by atoms with E-state index in [1.807, 2.05) is 0 Å². The lowest BCUT2D eigenvalue weighted by Gasteiger charge is -2.06. The molecule has 0 spiro atoms. The molecule has 0 bridgehead atoms. The maximum Gasteiger partial charge on any atom is 0.280 e. The van der Waals surface area contributed by atoms with Crippen molar-refractivity contribution >= 4 is 0 Å². The minimum Gasteiger partial charge on any atom is -0.504 e. The molecular weight excluding hydrogens is 185 g/mol. The Morgan fingerprint density at radius 3 is 2.62 bits per heavy atom. The second kappa shape index (κ2) is 3.61. The number of nitrogens with zero attached hydrogens (tertiary/aromatic N) is 1. The molecular formula is C7H7F3N2O. The molecule has 1 heterocycles. The van der Waals surface area contributed by atoms with Gasteiger partial charge in [0.25, 0.3) is 12.4 Å². The summed E-state index contributed by atoms with van der Waals surface area (Å²) in [6.07, 6.45) is -2.89. The second-order valence-corrected chi connectivity index (χ2v) is 2.35. The van der Waals surface area contributed by atoms with Crippen LogP contribution in [0.3, 0.4) is 0 Å². The maximum atomic E-state index is 12.5. The topological polar surface area (TPSA) is 59.1 Å². The number of hydrogen-bond donors (Lipinski definition) is 2. The van der Waals surface area contributed by atoms with Gasteiger partial charge in [-0.1, -0.05) is 0 Å². The summed E-state index contributed by atoms with van der Waals surface area (Å²) in [5.41, 5.74) is 4.32. The zero-order valence-corrected chi connectivity index (χ0v) is 6.47. The fourth-order valence-electron chi connectivity index (χ4n) is 0.886. The zero-order chi connectivity index (χ0) is 10.0. The van der Waals surface area contributed by atoms with Gasteiger partial charge in [-0.05, 0) is 11.6 Å². The van der Waals surface area contributed by atoms with E-state index in [1.54, 1.807) is 0 Å². The van der Waals surface area contributed by atoms with Crippen LogP contribution < -0.4 is 5.73 Å². The van der Waals surface area contributed by atoms with Crippen molar-refractivity contribution in [2.75, 3.05) is 0 Å². The Morgan fingerprint density at radius 1 is 1.54 bits per heavy atom. The average molecular weight is 192 g/mol. The summed E-state index contributed by atoms with van der Waals surface area (Å²) in [5.74, 6) is -2.09. The van der Waals surface area contributed by atoms with Crippen LogP contribution in [0.5, 0.6) is 5.75 Å². The number of halogens is 3. The third kappa shape index (κ3) is 1.89. The number of aromatic nitrogens is 1. The van der Waals surface area contributed by atoms with E-state index in [0.717, 1.165) is 6.07 Å². The number of rotatable bonds is 2. The molecule has 13 heavy (non-hydrogen) atoms. The summed E-state index contributed by atoms with van der Waals surface area (Å²) in [6.45, 7) is -0.222. The highest BCUT2D eigenvalue weighted by atomic mass is 19.3. The molecule has 3 nitrogen and oxygen atoms in total. The molecule has 0 aliphatic heterocycles. The molecule has 0 aliphatic rings. The first kappa shape index (κ1) is 9.79. The van der Waals surface area contributed by atoms with Crippen molar-refractivity contribution in [3.63, 3.8) is 0 Å². The highest BCUT2D eigenvalue weighted by Gasteiger charge is 2.17. The first-order valence-corrected chi connectivity index (χ1v) is 3.42. The van der Waals surface area contributed by atoms with Crippen LogP contribution >= 0.6 is 0 Å². The summed E-state index contributed by atoms with van der Waals surface area (Å²) in [5, 5.41) is 8.80. The number of alkyl halides is 2. The van der Waals surface area contributed by atoms with Gasteiger partial charge in [-0.2, -0.15) is 4.39 Å². The van der Waals surface area contributed by atoms with Crippen LogP contribution in [0.1, 0.15) is 17.7 Å². The first-order chi connectivity index (χ1) is 6.06. The zero-order valence-electron chi connectivity index (χ0n) is 6.47. The van der Waals surface area contributed by atoms with E-state index in [1.165, 1.54) is 0 Å². The Labute approximate surface area is 72.0 Å². The Morgan fingerprint density at radius 2 is 2.15 bits per heavy atom. The predicted octanol–water partition coefficient (Wildman–Crippen LogP) is 1.32. The fraction of sp³-hybridized carbons (Fsp3) is 0.286. The van der Waals surface area contributed by atoms with Gasteiger partial charge in [-0.3, -0.25) is 0 Å². The molecule has 0 amide bonds.